The van der Waals surface area contributed by atoms with E-state index in [2.05, 4.69) is 14.0 Å². The zero-order valence-corrected chi connectivity index (χ0v) is 13.3. The standard InChI is InChI=1S/C9H16N6O2S3/c1-20(16,17)15-7(10)2-3-18-4-6-5-19-9(13-6)14-8(11)12/h5H,2-4H2,1H3,(H6,10,11,12,13,14,15,16,17)/p+1. The number of aliphatic imine (C=N–C) groups is 1. The van der Waals surface area contributed by atoms with E-state index in [1.54, 1.807) is 11.8 Å². The summed E-state index contributed by atoms with van der Waals surface area (Å²) in [5.41, 5.74) is 16.9. The van der Waals surface area contributed by atoms with Gasteiger partial charge in [-0.15, -0.1) is 15.4 Å². The maximum atomic E-state index is 11.0. The average molecular weight is 337 g/mol. The van der Waals surface area contributed by atoms with Gasteiger partial charge in [-0.1, -0.05) is 0 Å². The molecule has 0 radical (unpaired) electrons. The van der Waals surface area contributed by atoms with E-state index >= 15 is 0 Å². The Hall–Kier alpha value is -1.26. The fourth-order valence-electron chi connectivity index (χ4n) is 1.14. The second-order valence-corrected chi connectivity index (χ2v) is 7.46. The van der Waals surface area contributed by atoms with Crippen molar-refractivity contribution in [3.63, 3.8) is 0 Å². The highest BCUT2D eigenvalue weighted by molar-refractivity contribution is 7.98. The molecule has 0 spiro atoms. The molecule has 0 amide bonds. The third kappa shape index (κ3) is 7.36. The van der Waals surface area contributed by atoms with Gasteiger partial charge in [-0.3, -0.25) is 10.3 Å². The maximum absolute atomic E-state index is 11.0. The van der Waals surface area contributed by atoms with Gasteiger partial charge in [0.1, 0.15) is 0 Å². The molecule has 0 fully saturated rings. The Kier molecular flexibility index (Phi) is 6.30. The van der Waals surface area contributed by atoms with E-state index in [4.69, 9.17) is 21.8 Å². The highest BCUT2D eigenvalue weighted by Gasteiger charge is 2.06. The SMILES string of the molecule is CS(=O)(O)=[N+]=C(N)CCSCc1csc(N=C(N)N)n1. The van der Waals surface area contributed by atoms with Crippen LogP contribution >= 0.6 is 23.1 Å². The molecule has 7 N–H and O–H groups in total. The summed E-state index contributed by atoms with van der Waals surface area (Å²) in [5.74, 6) is 1.52. The summed E-state index contributed by atoms with van der Waals surface area (Å²) in [7, 11) is -3.17. The molecule has 112 valence electrons. The number of nitrogens with zero attached hydrogens (tertiary/aromatic N) is 3. The van der Waals surface area contributed by atoms with Crippen molar-refractivity contribution in [2.24, 2.45) is 22.2 Å². The first kappa shape index (κ1) is 16.8. The van der Waals surface area contributed by atoms with Crippen LogP contribution in [0.1, 0.15) is 12.1 Å². The fraction of sp³-hybridized carbons (Fsp3) is 0.444. The number of amidine groups is 1. The van der Waals surface area contributed by atoms with Crippen LogP contribution < -0.4 is 21.2 Å². The predicted molar refractivity (Wildman–Crippen MR) is 86.4 cm³/mol. The molecule has 11 heteroatoms. The summed E-state index contributed by atoms with van der Waals surface area (Å²) in [6.07, 6.45) is 1.56. The summed E-state index contributed by atoms with van der Waals surface area (Å²) in [4.78, 5) is 8.08. The molecule has 0 saturated heterocycles. The lowest BCUT2D eigenvalue weighted by atomic mass is 10.5. The van der Waals surface area contributed by atoms with Gasteiger partial charge in [0.2, 0.25) is 5.13 Å². The number of nitrogens with two attached hydrogens (primary N) is 3. The second-order valence-electron chi connectivity index (χ2n) is 3.81. The van der Waals surface area contributed by atoms with Crippen molar-refractivity contribution in [3.05, 3.63) is 11.1 Å². The first-order valence-electron chi connectivity index (χ1n) is 5.44. The highest BCUT2D eigenvalue weighted by Crippen LogP contribution is 2.21. The molecule has 1 aromatic rings. The Balaban J connectivity index is 2.43. The smallest absolute Gasteiger partial charge is 0.356 e. The van der Waals surface area contributed by atoms with Crippen molar-refractivity contribution >= 4 is 50.0 Å². The van der Waals surface area contributed by atoms with E-state index in [-0.39, 0.29) is 11.8 Å². The number of hydrogen-bond donors (Lipinski definition) is 4. The molecule has 0 aliphatic heterocycles. The maximum Gasteiger partial charge on any atom is 0.356 e. The highest BCUT2D eigenvalue weighted by atomic mass is 32.2. The molecular formula is C9H17N6O2S3+. The van der Waals surface area contributed by atoms with Gasteiger partial charge in [-0.05, 0) is 0 Å². The van der Waals surface area contributed by atoms with Gasteiger partial charge in [0.25, 0.3) is 10.0 Å². The number of thioether (sulfide) groups is 1. The van der Waals surface area contributed by atoms with Gasteiger partial charge in [0, 0.05) is 16.9 Å². The summed E-state index contributed by atoms with van der Waals surface area (Å²) < 4.78 is 23.5. The van der Waals surface area contributed by atoms with Gasteiger partial charge < -0.3 is 11.5 Å². The molecule has 8 nitrogen and oxygen atoms in total. The van der Waals surface area contributed by atoms with Crippen LogP contribution in [0.15, 0.2) is 10.4 Å². The quantitative estimate of drug-likeness (QED) is 0.240. The number of hydrogen-bond acceptors (Lipinski definition) is 5. The van der Waals surface area contributed by atoms with E-state index in [0.29, 0.717) is 23.1 Å². The summed E-state index contributed by atoms with van der Waals surface area (Å²) >= 11 is 2.95. The van der Waals surface area contributed by atoms with Crippen LogP contribution in [0.3, 0.4) is 0 Å². The first-order chi connectivity index (χ1) is 9.26. The van der Waals surface area contributed by atoms with E-state index in [1.807, 2.05) is 5.38 Å². The van der Waals surface area contributed by atoms with E-state index < -0.39 is 10.0 Å². The second kappa shape index (κ2) is 7.50. The lowest BCUT2D eigenvalue weighted by molar-refractivity contribution is 0.558. The van der Waals surface area contributed by atoms with Crippen LogP contribution in [-0.4, -0.2) is 37.5 Å². The minimum absolute atomic E-state index is 0.0188. The molecule has 1 aromatic heterocycles. The molecule has 0 aliphatic carbocycles. The van der Waals surface area contributed by atoms with Crippen LogP contribution in [-0.2, 0) is 15.8 Å². The van der Waals surface area contributed by atoms with Gasteiger partial charge in [-0.25, -0.2) is 4.98 Å². The van der Waals surface area contributed by atoms with E-state index in [9.17, 15) is 4.21 Å². The Labute approximate surface area is 125 Å². The number of aromatic nitrogens is 1. The molecule has 1 unspecified atom stereocenters. The van der Waals surface area contributed by atoms with Crippen molar-refractivity contribution < 1.29 is 8.76 Å². The van der Waals surface area contributed by atoms with Crippen LogP contribution in [0.2, 0.25) is 0 Å². The van der Waals surface area contributed by atoms with Gasteiger partial charge in [0.05, 0.1) is 18.4 Å². The largest absolute Gasteiger partial charge is 0.370 e. The molecular weight excluding hydrogens is 320 g/mol. The summed E-state index contributed by atoms with van der Waals surface area (Å²) in [5, 5.41) is 2.39. The van der Waals surface area contributed by atoms with Crippen LogP contribution in [0.25, 0.3) is 0 Å². The van der Waals surface area contributed by atoms with E-state index in [1.165, 1.54) is 11.3 Å². The molecule has 1 heterocycles. The first-order valence-corrected chi connectivity index (χ1v) is 9.35. The molecule has 1 rings (SSSR count). The van der Waals surface area contributed by atoms with Crippen molar-refractivity contribution in [1.29, 1.82) is 0 Å². The molecule has 1 atom stereocenters. The minimum Gasteiger partial charge on any atom is -0.370 e. The third-order valence-corrected chi connectivity index (χ3v) is 4.15. The van der Waals surface area contributed by atoms with Crippen molar-refractivity contribution in [2.45, 2.75) is 12.2 Å². The lowest BCUT2D eigenvalue weighted by Gasteiger charge is -1.94. The van der Waals surface area contributed by atoms with Crippen molar-refractivity contribution in [1.82, 2.24) is 9.02 Å². The van der Waals surface area contributed by atoms with Crippen LogP contribution in [0.4, 0.5) is 5.13 Å². The summed E-state index contributed by atoms with van der Waals surface area (Å²) in [6, 6.07) is 0. The molecule has 20 heavy (non-hydrogen) atoms. The number of thiazole rings is 1. The third-order valence-electron chi connectivity index (χ3n) is 1.80. The lowest BCUT2D eigenvalue weighted by Crippen LogP contribution is -2.21. The molecule has 0 aliphatic rings. The Morgan fingerprint density at radius 1 is 1.60 bits per heavy atom. The topological polar surface area (TPSA) is 155 Å². The predicted octanol–water partition coefficient (Wildman–Crippen LogP) is -0.333. The van der Waals surface area contributed by atoms with Gasteiger partial charge in [0.15, 0.2) is 5.96 Å². The number of guanidine groups is 1. The zero-order chi connectivity index (χ0) is 15.2. The van der Waals surface area contributed by atoms with Crippen molar-refractivity contribution in [2.75, 3.05) is 12.0 Å². The average Bonchev–Trinajstić information content (AvgIpc) is 2.68. The number of rotatable bonds is 6. The minimum atomic E-state index is -3.17. The zero-order valence-electron chi connectivity index (χ0n) is 10.9. The van der Waals surface area contributed by atoms with Crippen molar-refractivity contribution in [3.8, 4) is 0 Å². The fourth-order valence-corrected chi connectivity index (χ4v) is 3.33. The Morgan fingerprint density at radius 2 is 2.30 bits per heavy atom. The van der Waals surface area contributed by atoms with Gasteiger partial charge >= 0.3 is 5.84 Å². The Bertz CT molecular complexity index is 628. The van der Waals surface area contributed by atoms with Crippen LogP contribution in [0, 0.1) is 0 Å². The monoisotopic (exact) mass is 337 g/mol. The van der Waals surface area contributed by atoms with Crippen LogP contribution in [0.5, 0.6) is 0 Å². The summed E-state index contributed by atoms with van der Waals surface area (Å²) in [6.45, 7) is 0. The van der Waals surface area contributed by atoms with Gasteiger partial charge in [-0.2, -0.15) is 21.0 Å². The van der Waals surface area contributed by atoms with E-state index in [0.717, 1.165) is 11.9 Å². The molecule has 0 aromatic carbocycles. The molecule has 0 saturated carbocycles. The molecule has 0 bridgehead atoms. The normalized spacial score (nSPS) is 13.3. The Morgan fingerprint density at radius 3 is 2.90 bits per heavy atom.